The number of thiophene rings is 1. The van der Waals surface area contributed by atoms with Crippen LogP contribution >= 0.6 is 11.3 Å². The summed E-state index contributed by atoms with van der Waals surface area (Å²) in [5.74, 6) is 0. The van der Waals surface area contributed by atoms with Crippen LogP contribution in [0.4, 0.5) is 0 Å². The second kappa shape index (κ2) is 6.53. The largest absolute Gasteiger partial charge is 0.380 e. The predicted octanol–water partition coefficient (Wildman–Crippen LogP) is 1.58. The van der Waals surface area contributed by atoms with Gasteiger partial charge in [0.2, 0.25) is 10.0 Å². The fourth-order valence-corrected chi connectivity index (χ4v) is 5.62. The maximum atomic E-state index is 12.7. The number of piperidine rings is 1. The second-order valence-corrected chi connectivity index (χ2v) is 8.27. The lowest BCUT2D eigenvalue weighted by Gasteiger charge is -2.31. The lowest BCUT2D eigenvalue weighted by atomic mass is 10.1. The Labute approximate surface area is 125 Å². The molecule has 1 atom stereocenters. The number of nitrogens with zero attached hydrogens (tertiary/aromatic N) is 1. The highest BCUT2D eigenvalue weighted by molar-refractivity contribution is 7.89. The Bertz CT molecular complexity index is 554. The minimum atomic E-state index is -3.40. The van der Waals surface area contributed by atoms with Crippen LogP contribution in [-0.2, 0) is 21.3 Å². The van der Waals surface area contributed by atoms with Crippen LogP contribution in [-0.4, -0.2) is 46.1 Å². The molecule has 0 spiro atoms. The van der Waals surface area contributed by atoms with E-state index in [-0.39, 0.29) is 6.10 Å². The minimum absolute atomic E-state index is 0.00856. The van der Waals surface area contributed by atoms with Gasteiger partial charge in [-0.05, 0) is 32.9 Å². The van der Waals surface area contributed by atoms with Gasteiger partial charge in [0.15, 0.2) is 0 Å². The van der Waals surface area contributed by atoms with Gasteiger partial charge in [-0.3, -0.25) is 0 Å². The molecule has 2 rings (SSSR count). The zero-order valence-electron chi connectivity index (χ0n) is 12.2. The van der Waals surface area contributed by atoms with Crippen LogP contribution in [0.3, 0.4) is 0 Å². The van der Waals surface area contributed by atoms with Gasteiger partial charge in [-0.2, -0.15) is 4.31 Å². The summed E-state index contributed by atoms with van der Waals surface area (Å²) < 4.78 is 32.4. The van der Waals surface area contributed by atoms with Gasteiger partial charge in [0.1, 0.15) is 0 Å². The molecule has 1 aromatic rings. The summed E-state index contributed by atoms with van der Waals surface area (Å²) >= 11 is 1.54. The van der Waals surface area contributed by atoms with Gasteiger partial charge in [0.05, 0.1) is 11.0 Å². The standard InChI is InChI=1S/C13H22N2O3S2/c1-10-13(7-12(19-10)8-14-2)20(16,17)15-6-4-5-11(9-15)18-3/h7,11,14H,4-6,8-9H2,1-3H3. The molecule has 0 saturated carbocycles. The Hall–Kier alpha value is -0.470. The van der Waals surface area contributed by atoms with Crippen molar-refractivity contribution in [3.63, 3.8) is 0 Å². The molecule has 5 nitrogen and oxygen atoms in total. The Balaban J connectivity index is 2.25. The van der Waals surface area contributed by atoms with Crippen molar-refractivity contribution in [3.05, 3.63) is 15.8 Å². The molecular weight excluding hydrogens is 296 g/mol. The molecule has 1 N–H and O–H groups in total. The van der Waals surface area contributed by atoms with Crippen molar-refractivity contribution in [2.45, 2.75) is 37.3 Å². The number of nitrogens with one attached hydrogen (secondary N) is 1. The van der Waals surface area contributed by atoms with Crippen molar-refractivity contribution in [1.29, 1.82) is 0 Å². The highest BCUT2D eigenvalue weighted by atomic mass is 32.2. The molecule has 20 heavy (non-hydrogen) atoms. The topological polar surface area (TPSA) is 58.6 Å². The number of methoxy groups -OCH3 is 1. The zero-order chi connectivity index (χ0) is 14.8. The highest BCUT2D eigenvalue weighted by Crippen LogP contribution is 2.30. The van der Waals surface area contributed by atoms with Gasteiger partial charge < -0.3 is 10.1 Å². The van der Waals surface area contributed by atoms with Crippen molar-refractivity contribution < 1.29 is 13.2 Å². The third-order valence-corrected chi connectivity index (χ3v) is 6.74. The average Bonchev–Trinajstić information content (AvgIpc) is 2.81. The van der Waals surface area contributed by atoms with Crippen LogP contribution in [0.25, 0.3) is 0 Å². The number of hydrogen-bond donors (Lipinski definition) is 1. The first-order chi connectivity index (χ1) is 9.48. The van der Waals surface area contributed by atoms with Crippen LogP contribution < -0.4 is 5.32 Å². The smallest absolute Gasteiger partial charge is 0.244 e. The summed E-state index contributed by atoms with van der Waals surface area (Å²) in [4.78, 5) is 2.35. The number of sulfonamides is 1. The molecule has 114 valence electrons. The molecule has 2 heterocycles. The first kappa shape index (κ1) is 15.9. The summed E-state index contributed by atoms with van der Waals surface area (Å²) in [6.07, 6.45) is 1.79. The van der Waals surface area contributed by atoms with Crippen molar-refractivity contribution >= 4 is 21.4 Å². The maximum absolute atomic E-state index is 12.7. The molecule has 1 fully saturated rings. The summed E-state index contributed by atoms with van der Waals surface area (Å²) in [5.41, 5.74) is 0. The van der Waals surface area contributed by atoms with Gasteiger partial charge >= 0.3 is 0 Å². The van der Waals surface area contributed by atoms with Gasteiger partial charge in [0.25, 0.3) is 0 Å². The number of aryl methyl sites for hydroxylation is 1. The Morgan fingerprint density at radius 3 is 2.95 bits per heavy atom. The third kappa shape index (κ3) is 3.23. The van der Waals surface area contributed by atoms with E-state index >= 15 is 0 Å². The monoisotopic (exact) mass is 318 g/mol. The molecule has 0 radical (unpaired) electrons. The van der Waals surface area contributed by atoms with Crippen LogP contribution in [0.1, 0.15) is 22.6 Å². The van der Waals surface area contributed by atoms with E-state index in [4.69, 9.17) is 4.74 Å². The second-order valence-electron chi connectivity index (χ2n) is 5.03. The normalized spacial score (nSPS) is 21.2. The van der Waals surface area contributed by atoms with Crippen LogP contribution in [0, 0.1) is 6.92 Å². The maximum Gasteiger partial charge on any atom is 0.244 e. The Morgan fingerprint density at radius 1 is 1.55 bits per heavy atom. The fourth-order valence-electron chi connectivity index (χ4n) is 2.50. The lowest BCUT2D eigenvalue weighted by Crippen LogP contribution is -2.42. The first-order valence-corrected chi connectivity index (χ1v) is 9.01. The van der Waals surface area contributed by atoms with Crippen LogP contribution in [0.15, 0.2) is 11.0 Å². The molecule has 7 heteroatoms. The molecular formula is C13H22N2O3S2. The van der Waals surface area contributed by atoms with Crippen molar-refractivity contribution in [3.8, 4) is 0 Å². The minimum Gasteiger partial charge on any atom is -0.380 e. The molecule has 0 bridgehead atoms. The van der Waals surface area contributed by atoms with E-state index in [1.165, 1.54) is 11.3 Å². The molecule has 1 saturated heterocycles. The van der Waals surface area contributed by atoms with E-state index in [1.54, 1.807) is 17.5 Å². The lowest BCUT2D eigenvalue weighted by molar-refractivity contribution is 0.0572. The van der Waals surface area contributed by atoms with E-state index in [9.17, 15) is 8.42 Å². The average molecular weight is 318 g/mol. The van der Waals surface area contributed by atoms with E-state index in [1.807, 2.05) is 14.0 Å². The number of hydrogen-bond acceptors (Lipinski definition) is 5. The van der Waals surface area contributed by atoms with Crippen molar-refractivity contribution in [2.75, 3.05) is 27.2 Å². The summed E-state index contributed by atoms with van der Waals surface area (Å²) in [7, 11) is 0.101. The SMILES string of the molecule is CNCc1cc(S(=O)(=O)N2CCCC(OC)C2)c(C)s1. The van der Waals surface area contributed by atoms with Crippen LogP contribution in [0.2, 0.25) is 0 Å². The summed E-state index contributed by atoms with van der Waals surface area (Å²) in [6, 6.07) is 1.79. The van der Waals surface area contributed by atoms with Gasteiger partial charge in [-0.25, -0.2) is 8.42 Å². The molecule has 1 aliphatic heterocycles. The van der Waals surface area contributed by atoms with E-state index < -0.39 is 10.0 Å². The number of rotatable bonds is 5. The van der Waals surface area contributed by atoms with E-state index in [2.05, 4.69) is 5.32 Å². The van der Waals surface area contributed by atoms with Crippen molar-refractivity contribution in [1.82, 2.24) is 9.62 Å². The Morgan fingerprint density at radius 2 is 2.30 bits per heavy atom. The predicted molar refractivity (Wildman–Crippen MR) is 80.6 cm³/mol. The quantitative estimate of drug-likeness (QED) is 0.895. The zero-order valence-corrected chi connectivity index (χ0v) is 13.8. The van der Waals surface area contributed by atoms with Gasteiger partial charge in [0, 0.05) is 36.5 Å². The van der Waals surface area contributed by atoms with Gasteiger partial charge in [-0.1, -0.05) is 0 Å². The summed E-state index contributed by atoms with van der Waals surface area (Å²) in [6.45, 7) is 3.60. The van der Waals surface area contributed by atoms with Gasteiger partial charge in [-0.15, -0.1) is 11.3 Å². The van der Waals surface area contributed by atoms with E-state index in [0.29, 0.717) is 24.5 Å². The molecule has 1 aliphatic rings. The molecule has 1 unspecified atom stereocenters. The van der Waals surface area contributed by atoms with Crippen molar-refractivity contribution in [2.24, 2.45) is 0 Å². The molecule has 0 amide bonds. The first-order valence-electron chi connectivity index (χ1n) is 6.76. The number of ether oxygens (including phenoxy) is 1. The fraction of sp³-hybridized carbons (Fsp3) is 0.692. The molecule has 0 aliphatic carbocycles. The van der Waals surface area contributed by atoms with E-state index in [0.717, 1.165) is 22.6 Å². The Kier molecular flexibility index (Phi) is 5.19. The molecule has 0 aromatic carbocycles. The highest BCUT2D eigenvalue weighted by Gasteiger charge is 2.32. The third-order valence-electron chi connectivity index (χ3n) is 3.57. The molecule has 1 aromatic heterocycles. The summed E-state index contributed by atoms with van der Waals surface area (Å²) in [5, 5.41) is 3.05. The van der Waals surface area contributed by atoms with Crippen LogP contribution in [0.5, 0.6) is 0 Å².